The molecular formula is C13H18ClNO. The molecule has 0 aliphatic heterocycles. The Morgan fingerprint density at radius 2 is 2.12 bits per heavy atom. The maximum absolute atomic E-state index is 10.4. The molecule has 0 saturated heterocycles. The van der Waals surface area contributed by atoms with Gasteiger partial charge in [-0.05, 0) is 30.4 Å². The van der Waals surface area contributed by atoms with Crippen LogP contribution in [0, 0.1) is 11.3 Å². The van der Waals surface area contributed by atoms with E-state index in [1.165, 1.54) is 0 Å². The van der Waals surface area contributed by atoms with Crippen LogP contribution >= 0.6 is 11.6 Å². The van der Waals surface area contributed by atoms with Crippen LogP contribution in [0.3, 0.4) is 0 Å². The molecule has 1 saturated carbocycles. The molecule has 88 valence electrons. The van der Waals surface area contributed by atoms with E-state index in [4.69, 9.17) is 17.3 Å². The van der Waals surface area contributed by atoms with E-state index in [1.807, 2.05) is 24.3 Å². The first-order valence-electron chi connectivity index (χ1n) is 5.71. The Labute approximate surface area is 101 Å². The number of aliphatic hydroxyl groups is 1. The van der Waals surface area contributed by atoms with Gasteiger partial charge in [-0.2, -0.15) is 0 Å². The van der Waals surface area contributed by atoms with Gasteiger partial charge in [0, 0.05) is 17.0 Å². The Morgan fingerprint density at radius 3 is 2.62 bits per heavy atom. The lowest BCUT2D eigenvalue weighted by Crippen LogP contribution is -2.46. The van der Waals surface area contributed by atoms with Gasteiger partial charge in [0.25, 0.3) is 0 Å². The number of halogens is 1. The average Bonchev–Trinajstić information content (AvgIpc) is 2.24. The molecule has 0 unspecified atom stereocenters. The molecule has 2 rings (SSSR count). The van der Waals surface area contributed by atoms with E-state index in [2.05, 4.69) is 6.92 Å². The fourth-order valence-corrected chi connectivity index (χ4v) is 3.10. The SMILES string of the molecule is CC1CC(CN)([C@@H](O)c2ccccc2Cl)C1. The Kier molecular flexibility index (Phi) is 3.24. The zero-order valence-electron chi connectivity index (χ0n) is 9.49. The van der Waals surface area contributed by atoms with Gasteiger partial charge in [-0.15, -0.1) is 0 Å². The number of aliphatic hydroxyl groups excluding tert-OH is 1. The Morgan fingerprint density at radius 1 is 1.50 bits per heavy atom. The van der Waals surface area contributed by atoms with E-state index in [-0.39, 0.29) is 5.41 Å². The predicted molar refractivity (Wildman–Crippen MR) is 66.3 cm³/mol. The number of hydrogen-bond acceptors (Lipinski definition) is 2. The Balaban J connectivity index is 2.25. The molecule has 0 bridgehead atoms. The smallest absolute Gasteiger partial charge is 0.0872 e. The van der Waals surface area contributed by atoms with Crippen molar-refractivity contribution in [3.8, 4) is 0 Å². The molecule has 1 atom stereocenters. The van der Waals surface area contributed by atoms with Crippen molar-refractivity contribution in [2.45, 2.75) is 25.9 Å². The summed E-state index contributed by atoms with van der Waals surface area (Å²) in [4.78, 5) is 0. The molecule has 0 amide bonds. The molecule has 1 fully saturated rings. The maximum atomic E-state index is 10.4. The quantitative estimate of drug-likeness (QED) is 0.852. The standard InChI is InChI=1S/C13H18ClNO/c1-9-6-13(7-9,8-15)12(16)10-4-2-3-5-11(10)14/h2-5,9,12,16H,6-8,15H2,1H3/t9?,12-,13?/m0/s1. The highest BCUT2D eigenvalue weighted by atomic mass is 35.5. The van der Waals surface area contributed by atoms with Crippen LogP contribution in [0.4, 0.5) is 0 Å². The van der Waals surface area contributed by atoms with Gasteiger partial charge in [-0.25, -0.2) is 0 Å². The summed E-state index contributed by atoms with van der Waals surface area (Å²) >= 11 is 6.10. The number of rotatable bonds is 3. The number of benzene rings is 1. The summed E-state index contributed by atoms with van der Waals surface area (Å²) in [6.07, 6.45) is 1.42. The van der Waals surface area contributed by atoms with E-state index in [1.54, 1.807) is 0 Å². The van der Waals surface area contributed by atoms with Crippen molar-refractivity contribution in [1.82, 2.24) is 0 Å². The second-order valence-electron chi connectivity index (χ2n) is 5.00. The molecular weight excluding hydrogens is 222 g/mol. The monoisotopic (exact) mass is 239 g/mol. The summed E-state index contributed by atoms with van der Waals surface area (Å²) in [6.45, 7) is 2.71. The molecule has 3 N–H and O–H groups in total. The van der Waals surface area contributed by atoms with Gasteiger partial charge in [0.15, 0.2) is 0 Å². The predicted octanol–water partition coefficient (Wildman–Crippen LogP) is 2.75. The van der Waals surface area contributed by atoms with Gasteiger partial charge >= 0.3 is 0 Å². The van der Waals surface area contributed by atoms with Gasteiger partial charge < -0.3 is 10.8 Å². The van der Waals surface area contributed by atoms with Gasteiger partial charge in [0.2, 0.25) is 0 Å². The first-order valence-corrected chi connectivity index (χ1v) is 6.09. The van der Waals surface area contributed by atoms with Crippen molar-refractivity contribution < 1.29 is 5.11 Å². The van der Waals surface area contributed by atoms with Gasteiger partial charge in [-0.3, -0.25) is 0 Å². The third kappa shape index (κ3) is 1.86. The van der Waals surface area contributed by atoms with Gasteiger partial charge in [0.05, 0.1) is 6.10 Å². The van der Waals surface area contributed by atoms with E-state index >= 15 is 0 Å². The van der Waals surface area contributed by atoms with Gasteiger partial charge in [0.1, 0.15) is 0 Å². The van der Waals surface area contributed by atoms with E-state index in [9.17, 15) is 5.11 Å². The molecule has 0 spiro atoms. The van der Waals surface area contributed by atoms with Crippen molar-refractivity contribution in [3.05, 3.63) is 34.9 Å². The highest BCUT2D eigenvalue weighted by Gasteiger charge is 2.47. The molecule has 0 radical (unpaired) electrons. The molecule has 1 aromatic carbocycles. The van der Waals surface area contributed by atoms with Crippen LogP contribution in [-0.4, -0.2) is 11.7 Å². The fraction of sp³-hybridized carbons (Fsp3) is 0.538. The maximum Gasteiger partial charge on any atom is 0.0872 e. The lowest BCUT2D eigenvalue weighted by atomic mass is 9.58. The minimum atomic E-state index is -0.539. The fourth-order valence-electron chi connectivity index (χ4n) is 2.86. The summed E-state index contributed by atoms with van der Waals surface area (Å²) in [5, 5.41) is 11.1. The third-order valence-electron chi connectivity index (χ3n) is 3.70. The lowest BCUT2D eigenvalue weighted by molar-refractivity contribution is -0.0601. The van der Waals surface area contributed by atoms with Crippen molar-refractivity contribution in [2.75, 3.05) is 6.54 Å². The van der Waals surface area contributed by atoms with Crippen LogP contribution in [0.1, 0.15) is 31.4 Å². The van der Waals surface area contributed by atoms with Crippen LogP contribution < -0.4 is 5.73 Å². The highest BCUT2D eigenvalue weighted by molar-refractivity contribution is 6.31. The zero-order chi connectivity index (χ0) is 11.8. The Hall–Kier alpha value is -0.570. The van der Waals surface area contributed by atoms with Crippen molar-refractivity contribution in [1.29, 1.82) is 0 Å². The van der Waals surface area contributed by atoms with Crippen LogP contribution in [0.15, 0.2) is 24.3 Å². The molecule has 16 heavy (non-hydrogen) atoms. The summed E-state index contributed by atoms with van der Waals surface area (Å²) in [5.74, 6) is 0.653. The van der Waals surface area contributed by atoms with Crippen LogP contribution in [0.25, 0.3) is 0 Å². The van der Waals surface area contributed by atoms with Gasteiger partial charge in [-0.1, -0.05) is 36.7 Å². The molecule has 1 aliphatic carbocycles. The molecule has 0 aromatic heterocycles. The van der Waals surface area contributed by atoms with Crippen molar-refractivity contribution >= 4 is 11.6 Å². The number of hydrogen-bond donors (Lipinski definition) is 2. The second-order valence-corrected chi connectivity index (χ2v) is 5.41. The second kappa shape index (κ2) is 4.36. The molecule has 0 heterocycles. The average molecular weight is 240 g/mol. The van der Waals surface area contributed by atoms with Crippen LogP contribution in [0.2, 0.25) is 5.02 Å². The molecule has 1 aromatic rings. The molecule has 3 heteroatoms. The van der Waals surface area contributed by atoms with Crippen LogP contribution in [-0.2, 0) is 0 Å². The molecule has 1 aliphatic rings. The molecule has 2 nitrogen and oxygen atoms in total. The minimum Gasteiger partial charge on any atom is -0.388 e. The topological polar surface area (TPSA) is 46.2 Å². The third-order valence-corrected chi connectivity index (χ3v) is 4.04. The number of nitrogens with two attached hydrogens (primary N) is 1. The van der Waals surface area contributed by atoms with E-state index in [0.29, 0.717) is 17.5 Å². The summed E-state index contributed by atoms with van der Waals surface area (Å²) in [6, 6.07) is 7.47. The highest BCUT2D eigenvalue weighted by Crippen LogP contribution is 2.53. The van der Waals surface area contributed by atoms with Crippen molar-refractivity contribution in [3.63, 3.8) is 0 Å². The Bertz CT molecular complexity index is 374. The summed E-state index contributed by atoms with van der Waals surface area (Å²) in [7, 11) is 0. The summed E-state index contributed by atoms with van der Waals surface area (Å²) in [5.41, 5.74) is 6.46. The minimum absolute atomic E-state index is 0.162. The first kappa shape index (κ1) is 11.9. The van der Waals surface area contributed by atoms with Crippen LogP contribution in [0.5, 0.6) is 0 Å². The van der Waals surface area contributed by atoms with E-state index in [0.717, 1.165) is 18.4 Å². The largest absolute Gasteiger partial charge is 0.388 e. The zero-order valence-corrected chi connectivity index (χ0v) is 10.2. The first-order chi connectivity index (χ1) is 7.59. The van der Waals surface area contributed by atoms with E-state index < -0.39 is 6.10 Å². The summed E-state index contributed by atoms with van der Waals surface area (Å²) < 4.78 is 0. The normalized spacial score (nSPS) is 30.9. The lowest BCUT2D eigenvalue weighted by Gasteiger charge is -2.49. The van der Waals surface area contributed by atoms with Crippen molar-refractivity contribution in [2.24, 2.45) is 17.1 Å².